The molecule has 1 heterocycles. The van der Waals surface area contributed by atoms with Gasteiger partial charge in [-0.05, 0) is 43.3 Å². The third-order valence-electron chi connectivity index (χ3n) is 5.08. The number of rotatable bonds is 5. The summed E-state index contributed by atoms with van der Waals surface area (Å²) in [6.45, 7) is 2.86. The van der Waals surface area contributed by atoms with Gasteiger partial charge in [-0.1, -0.05) is 30.3 Å². The average molecular weight is 385 g/mol. The number of aromatic nitrogens is 1. The minimum Gasteiger partial charge on any atom is -0.497 e. The molecule has 5 nitrogen and oxygen atoms in total. The van der Waals surface area contributed by atoms with E-state index in [2.05, 4.69) is 16.8 Å². The molecular weight excluding hydrogens is 362 g/mol. The minimum atomic E-state index is -0.142. The van der Waals surface area contributed by atoms with Crippen LogP contribution < -0.4 is 15.8 Å². The normalized spacial score (nSPS) is 10.8. The van der Waals surface area contributed by atoms with Crippen molar-refractivity contribution in [2.75, 3.05) is 18.2 Å². The van der Waals surface area contributed by atoms with Crippen LogP contribution in [-0.2, 0) is 6.54 Å². The minimum absolute atomic E-state index is 0.142. The number of nitrogen functional groups attached to an aromatic ring is 1. The first-order valence-electron chi connectivity index (χ1n) is 9.55. The third-order valence-corrected chi connectivity index (χ3v) is 5.08. The second kappa shape index (κ2) is 7.72. The fourth-order valence-electron chi connectivity index (χ4n) is 3.63. The zero-order chi connectivity index (χ0) is 20.4. The first-order chi connectivity index (χ1) is 14.1. The Bertz CT molecular complexity index is 1160. The Morgan fingerprint density at radius 1 is 1.03 bits per heavy atom. The number of methoxy groups -OCH3 is 1. The number of nitrogens with two attached hydrogens (primary N) is 1. The Labute approximate surface area is 169 Å². The molecule has 3 N–H and O–H groups in total. The number of hydrogen-bond acceptors (Lipinski definition) is 3. The van der Waals surface area contributed by atoms with Gasteiger partial charge < -0.3 is 20.4 Å². The standard InChI is InChI=1S/C24H23N3O2/c1-3-27-21-15-19(29-2)13-14-20(21)22(25)23(27)16-9-11-17(12-10-16)24(28)26-18-7-5-4-6-8-18/h4-15H,3,25H2,1-2H3,(H,26,28). The van der Waals surface area contributed by atoms with Gasteiger partial charge in [-0.2, -0.15) is 0 Å². The number of carbonyl (C=O) groups is 1. The van der Waals surface area contributed by atoms with Crippen LogP contribution in [0.25, 0.3) is 22.2 Å². The van der Waals surface area contributed by atoms with Crippen molar-refractivity contribution < 1.29 is 9.53 Å². The zero-order valence-electron chi connectivity index (χ0n) is 16.5. The maximum absolute atomic E-state index is 12.5. The Balaban J connectivity index is 1.69. The van der Waals surface area contributed by atoms with Crippen molar-refractivity contribution in [3.63, 3.8) is 0 Å². The molecule has 5 heteroatoms. The molecule has 0 aliphatic carbocycles. The van der Waals surface area contributed by atoms with Gasteiger partial charge in [0.05, 0.1) is 24.0 Å². The predicted molar refractivity (Wildman–Crippen MR) is 118 cm³/mol. The van der Waals surface area contributed by atoms with E-state index < -0.39 is 0 Å². The molecule has 146 valence electrons. The lowest BCUT2D eigenvalue weighted by Gasteiger charge is -2.10. The van der Waals surface area contributed by atoms with Crippen LogP contribution in [0.5, 0.6) is 5.75 Å². The molecule has 1 aromatic heterocycles. The molecule has 0 spiro atoms. The summed E-state index contributed by atoms with van der Waals surface area (Å²) in [7, 11) is 1.66. The first-order valence-corrected chi connectivity index (χ1v) is 9.55. The lowest BCUT2D eigenvalue weighted by Crippen LogP contribution is -2.11. The van der Waals surface area contributed by atoms with Gasteiger partial charge in [-0.3, -0.25) is 4.79 Å². The second-order valence-electron chi connectivity index (χ2n) is 6.79. The molecular formula is C24H23N3O2. The van der Waals surface area contributed by atoms with Crippen LogP contribution in [0, 0.1) is 0 Å². The molecule has 0 aliphatic heterocycles. The van der Waals surface area contributed by atoms with Crippen molar-refractivity contribution in [3.8, 4) is 17.0 Å². The number of anilines is 2. The number of para-hydroxylation sites is 1. The van der Waals surface area contributed by atoms with Crippen LogP contribution in [0.4, 0.5) is 11.4 Å². The summed E-state index contributed by atoms with van der Waals surface area (Å²) in [5.41, 5.74) is 11.5. The number of nitrogens with one attached hydrogen (secondary N) is 1. The number of amides is 1. The van der Waals surface area contributed by atoms with E-state index in [4.69, 9.17) is 10.5 Å². The van der Waals surface area contributed by atoms with Crippen molar-refractivity contribution >= 4 is 28.2 Å². The number of nitrogens with zero attached hydrogens (tertiary/aromatic N) is 1. The topological polar surface area (TPSA) is 69.3 Å². The van der Waals surface area contributed by atoms with Crippen LogP contribution in [-0.4, -0.2) is 17.6 Å². The molecule has 0 unspecified atom stereocenters. The average Bonchev–Trinajstić information content (AvgIpc) is 3.05. The van der Waals surface area contributed by atoms with E-state index in [0.717, 1.165) is 45.8 Å². The van der Waals surface area contributed by atoms with E-state index in [1.165, 1.54) is 0 Å². The fourth-order valence-corrected chi connectivity index (χ4v) is 3.63. The van der Waals surface area contributed by atoms with Crippen LogP contribution in [0.1, 0.15) is 17.3 Å². The van der Waals surface area contributed by atoms with E-state index in [0.29, 0.717) is 5.56 Å². The van der Waals surface area contributed by atoms with Crippen molar-refractivity contribution in [2.24, 2.45) is 0 Å². The van der Waals surface area contributed by atoms with Gasteiger partial charge in [0.15, 0.2) is 0 Å². The highest BCUT2D eigenvalue weighted by Gasteiger charge is 2.17. The summed E-state index contributed by atoms with van der Waals surface area (Å²) in [6, 6.07) is 22.8. The number of hydrogen-bond donors (Lipinski definition) is 2. The molecule has 0 saturated carbocycles. The van der Waals surface area contributed by atoms with Gasteiger partial charge in [-0.15, -0.1) is 0 Å². The summed E-state index contributed by atoms with van der Waals surface area (Å²) in [6.07, 6.45) is 0. The van der Waals surface area contributed by atoms with E-state index in [9.17, 15) is 4.79 Å². The maximum atomic E-state index is 12.5. The molecule has 0 bridgehead atoms. The van der Waals surface area contributed by atoms with Gasteiger partial charge in [-0.25, -0.2) is 0 Å². The highest BCUT2D eigenvalue weighted by Crippen LogP contribution is 2.37. The molecule has 1 amide bonds. The number of carbonyl (C=O) groups excluding carboxylic acids is 1. The van der Waals surface area contributed by atoms with E-state index >= 15 is 0 Å². The highest BCUT2D eigenvalue weighted by molar-refractivity contribution is 6.05. The lowest BCUT2D eigenvalue weighted by molar-refractivity contribution is 0.102. The van der Waals surface area contributed by atoms with E-state index in [-0.39, 0.29) is 5.91 Å². The van der Waals surface area contributed by atoms with Crippen LogP contribution >= 0.6 is 0 Å². The van der Waals surface area contributed by atoms with Crippen molar-refractivity contribution in [2.45, 2.75) is 13.5 Å². The Morgan fingerprint density at radius 2 is 1.76 bits per heavy atom. The quantitative estimate of drug-likeness (QED) is 0.498. The molecule has 4 rings (SSSR count). The highest BCUT2D eigenvalue weighted by atomic mass is 16.5. The molecule has 4 aromatic rings. The molecule has 0 fully saturated rings. The summed E-state index contributed by atoms with van der Waals surface area (Å²) < 4.78 is 7.54. The van der Waals surface area contributed by atoms with Crippen molar-refractivity contribution in [1.82, 2.24) is 4.57 Å². The summed E-state index contributed by atoms with van der Waals surface area (Å²) >= 11 is 0. The monoisotopic (exact) mass is 385 g/mol. The fraction of sp³-hybridized carbons (Fsp3) is 0.125. The number of fused-ring (bicyclic) bond motifs is 1. The number of ether oxygens (including phenoxy) is 1. The lowest BCUT2D eigenvalue weighted by atomic mass is 10.1. The summed E-state index contributed by atoms with van der Waals surface area (Å²) in [5.74, 6) is 0.653. The van der Waals surface area contributed by atoms with Crippen molar-refractivity contribution in [3.05, 3.63) is 78.4 Å². The zero-order valence-corrected chi connectivity index (χ0v) is 16.5. The van der Waals surface area contributed by atoms with Crippen LogP contribution in [0.2, 0.25) is 0 Å². The van der Waals surface area contributed by atoms with Crippen molar-refractivity contribution in [1.29, 1.82) is 0 Å². The first kappa shape index (κ1) is 18.6. The van der Waals surface area contributed by atoms with Gasteiger partial charge in [0.25, 0.3) is 5.91 Å². The summed E-state index contributed by atoms with van der Waals surface area (Å²) in [4.78, 5) is 12.5. The SMILES string of the molecule is CCn1c(-c2ccc(C(=O)Nc3ccccc3)cc2)c(N)c2ccc(OC)cc21. The van der Waals surface area contributed by atoms with E-state index in [1.54, 1.807) is 7.11 Å². The van der Waals surface area contributed by atoms with Gasteiger partial charge in [0, 0.05) is 34.8 Å². The number of aryl methyl sites for hydroxylation is 1. The van der Waals surface area contributed by atoms with E-state index in [1.807, 2.05) is 72.8 Å². The molecule has 0 atom stereocenters. The van der Waals surface area contributed by atoms with Gasteiger partial charge in [0.2, 0.25) is 0 Å². The van der Waals surface area contributed by atoms with Crippen LogP contribution in [0.15, 0.2) is 72.8 Å². The smallest absolute Gasteiger partial charge is 0.255 e. The molecule has 0 aliphatic rings. The second-order valence-corrected chi connectivity index (χ2v) is 6.79. The molecule has 3 aromatic carbocycles. The summed E-state index contributed by atoms with van der Waals surface area (Å²) in [5, 5.41) is 3.90. The maximum Gasteiger partial charge on any atom is 0.255 e. The Kier molecular flexibility index (Phi) is 4.96. The molecule has 0 saturated heterocycles. The van der Waals surface area contributed by atoms with Gasteiger partial charge >= 0.3 is 0 Å². The largest absolute Gasteiger partial charge is 0.497 e. The Hall–Kier alpha value is -3.73. The third kappa shape index (κ3) is 3.43. The predicted octanol–water partition coefficient (Wildman–Crippen LogP) is 5.17. The molecule has 29 heavy (non-hydrogen) atoms. The number of benzene rings is 3. The molecule has 0 radical (unpaired) electrons. The Morgan fingerprint density at radius 3 is 2.41 bits per heavy atom. The van der Waals surface area contributed by atoms with Gasteiger partial charge in [0.1, 0.15) is 5.75 Å². The van der Waals surface area contributed by atoms with Crippen LogP contribution in [0.3, 0.4) is 0 Å².